The predicted octanol–water partition coefficient (Wildman–Crippen LogP) is 7.15. The van der Waals surface area contributed by atoms with Gasteiger partial charge in [-0.1, -0.05) is 13.8 Å². The van der Waals surface area contributed by atoms with E-state index in [2.05, 4.69) is 30.6 Å². The number of carboxylic acids is 1. The first-order valence-corrected chi connectivity index (χ1v) is 16.5. The molecule has 1 aromatic heterocycles. The van der Waals surface area contributed by atoms with E-state index in [4.69, 9.17) is 9.72 Å². The molecular weight excluding hydrogens is 555 g/mol. The number of methoxy groups -OCH3 is 1. The highest BCUT2D eigenvalue weighted by Gasteiger charge is 2.46. The zero-order valence-electron chi connectivity index (χ0n) is 26.8. The zero-order chi connectivity index (χ0) is 31.1. The summed E-state index contributed by atoms with van der Waals surface area (Å²) in [6.45, 7) is 13.2. The molecule has 0 bridgehead atoms. The monoisotopic (exact) mass is 607 g/mol. The third kappa shape index (κ3) is 7.51. The summed E-state index contributed by atoms with van der Waals surface area (Å²) in [5.41, 5.74) is 5.46. The summed E-state index contributed by atoms with van der Waals surface area (Å²) in [6.07, 6.45) is 2.99. The van der Waals surface area contributed by atoms with Crippen LogP contribution in [0.2, 0.25) is 0 Å². The van der Waals surface area contributed by atoms with Crippen molar-refractivity contribution >= 4 is 11.7 Å². The maximum absolute atomic E-state index is 13.6. The van der Waals surface area contributed by atoms with E-state index in [0.717, 1.165) is 93.9 Å². The number of alkyl halides is 3. The summed E-state index contributed by atoms with van der Waals surface area (Å²) >= 11 is 0. The van der Waals surface area contributed by atoms with Crippen LogP contribution >= 0.6 is 0 Å². The molecule has 2 aliphatic carbocycles. The quantitative estimate of drug-likeness (QED) is 0.355. The van der Waals surface area contributed by atoms with Gasteiger partial charge >= 0.3 is 12.1 Å². The minimum absolute atomic E-state index is 0.00460. The predicted molar refractivity (Wildman–Crippen MR) is 163 cm³/mol. The van der Waals surface area contributed by atoms with Crippen molar-refractivity contribution in [2.45, 2.75) is 110 Å². The smallest absolute Gasteiger partial charge is 0.391 e. The van der Waals surface area contributed by atoms with Crippen LogP contribution in [-0.4, -0.2) is 73.1 Å². The first kappa shape index (κ1) is 32.5. The van der Waals surface area contributed by atoms with E-state index in [9.17, 15) is 23.1 Å². The van der Waals surface area contributed by atoms with Gasteiger partial charge in [0.15, 0.2) is 0 Å². The number of carbonyl (C=O) groups is 1. The molecule has 4 aliphatic rings. The number of aromatic nitrogens is 1. The van der Waals surface area contributed by atoms with Crippen molar-refractivity contribution in [1.82, 2.24) is 9.88 Å². The Kier molecular flexibility index (Phi) is 9.72. The highest BCUT2D eigenvalue weighted by Crippen LogP contribution is 2.49. The van der Waals surface area contributed by atoms with Gasteiger partial charge < -0.3 is 19.6 Å². The van der Waals surface area contributed by atoms with Crippen LogP contribution < -0.4 is 4.90 Å². The molecule has 0 spiro atoms. The molecule has 2 saturated carbocycles. The number of hydrogen-bond donors (Lipinski definition) is 1. The first-order valence-electron chi connectivity index (χ1n) is 16.5. The van der Waals surface area contributed by atoms with Crippen molar-refractivity contribution in [2.24, 2.45) is 29.1 Å². The van der Waals surface area contributed by atoms with E-state index in [1.807, 2.05) is 6.92 Å². The Labute approximate surface area is 255 Å². The number of carboxylic acid groups (broad SMARTS) is 1. The Balaban J connectivity index is 1.30. The van der Waals surface area contributed by atoms with Gasteiger partial charge in [-0.2, -0.15) is 13.2 Å². The molecule has 9 heteroatoms. The van der Waals surface area contributed by atoms with Gasteiger partial charge in [-0.15, -0.1) is 0 Å². The number of hydrogen-bond acceptors (Lipinski definition) is 5. The van der Waals surface area contributed by atoms with E-state index in [1.54, 1.807) is 0 Å². The number of nitrogens with zero attached hydrogens (tertiary/aromatic N) is 3. The molecule has 2 saturated heterocycles. The van der Waals surface area contributed by atoms with Crippen molar-refractivity contribution in [2.75, 3.05) is 44.7 Å². The van der Waals surface area contributed by atoms with Crippen LogP contribution in [0.1, 0.15) is 100 Å². The fraction of sp³-hybridized carbons (Fsp3) is 0.824. The van der Waals surface area contributed by atoms with Crippen molar-refractivity contribution < 1.29 is 27.8 Å². The first-order chi connectivity index (χ1) is 20.2. The molecule has 5 rings (SSSR count). The van der Waals surface area contributed by atoms with Crippen LogP contribution in [0.25, 0.3) is 0 Å². The van der Waals surface area contributed by atoms with Gasteiger partial charge in [0.25, 0.3) is 0 Å². The van der Waals surface area contributed by atoms with Crippen LogP contribution in [-0.2, 0) is 16.0 Å². The highest BCUT2D eigenvalue weighted by molar-refractivity contribution is 5.76. The molecule has 1 aromatic rings. The lowest BCUT2D eigenvalue weighted by molar-refractivity contribution is -0.197. The Morgan fingerprint density at radius 1 is 1.00 bits per heavy atom. The molecule has 0 aromatic carbocycles. The average Bonchev–Trinajstić information content (AvgIpc) is 2.93. The van der Waals surface area contributed by atoms with Crippen LogP contribution in [0.15, 0.2) is 0 Å². The fourth-order valence-corrected chi connectivity index (χ4v) is 8.91. The number of piperidine rings is 2. The minimum Gasteiger partial charge on any atom is -0.481 e. The largest absolute Gasteiger partial charge is 0.481 e. The normalized spacial score (nSPS) is 32.0. The Hall–Kier alpha value is -1.87. The molecule has 4 fully saturated rings. The molecule has 43 heavy (non-hydrogen) atoms. The van der Waals surface area contributed by atoms with E-state index in [0.29, 0.717) is 29.6 Å². The van der Waals surface area contributed by atoms with Crippen molar-refractivity contribution in [3.8, 4) is 0 Å². The summed E-state index contributed by atoms with van der Waals surface area (Å²) < 4.78 is 46.3. The molecule has 0 amide bonds. The molecule has 3 heterocycles. The SMILES string of the molecule is COC1CC(CN2CCC3CC(c4c(C)nc(C)c(CC(=O)O)c4N4CCC(C)(C)CC4)CCC3C2)CC(C(F)(F)F)C1. The molecule has 1 N–H and O–H groups in total. The number of aryl methyl sites for hydroxylation is 2. The molecule has 0 radical (unpaired) electrons. The van der Waals surface area contributed by atoms with Crippen LogP contribution in [0.3, 0.4) is 0 Å². The summed E-state index contributed by atoms with van der Waals surface area (Å²) in [5.74, 6) is -0.571. The molecule has 242 valence electrons. The van der Waals surface area contributed by atoms with Gasteiger partial charge in [-0.3, -0.25) is 9.78 Å². The molecule has 2 aliphatic heterocycles. The van der Waals surface area contributed by atoms with E-state index in [-0.39, 0.29) is 31.3 Å². The number of fused-ring (bicyclic) bond motifs is 1. The number of rotatable bonds is 7. The highest BCUT2D eigenvalue weighted by atomic mass is 19.4. The third-order valence-corrected chi connectivity index (χ3v) is 11.4. The lowest BCUT2D eigenvalue weighted by Crippen LogP contribution is -2.46. The van der Waals surface area contributed by atoms with Gasteiger partial charge in [-0.25, -0.2) is 0 Å². The van der Waals surface area contributed by atoms with Crippen LogP contribution in [0, 0.1) is 42.9 Å². The number of aliphatic carboxylic acids is 1. The van der Waals surface area contributed by atoms with Crippen LogP contribution in [0.5, 0.6) is 0 Å². The van der Waals surface area contributed by atoms with Gasteiger partial charge in [0.05, 0.1) is 18.4 Å². The summed E-state index contributed by atoms with van der Waals surface area (Å²) in [4.78, 5) is 21.8. The summed E-state index contributed by atoms with van der Waals surface area (Å²) in [7, 11) is 1.54. The average molecular weight is 608 g/mol. The Morgan fingerprint density at radius 3 is 2.37 bits per heavy atom. The third-order valence-electron chi connectivity index (χ3n) is 11.4. The zero-order valence-corrected chi connectivity index (χ0v) is 26.8. The summed E-state index contributed by atoms with van der Waals surface area (Å²) in [5, 5.41) is 9.83. The molecule has 6 unspecified atom stereocenters. The standard InChI is InChI=1S/C34H52F3N3O3/c1-21-29(18-30(41)42)32(40-12-9-33(3,4)10-13-40)31(22(2)38-21)25-6-7-26-20-39(11-8-24(26)16-25)19-23-14-27(34(35,36)37)17-28(15-23)43-5/h23-28H,6-20H2,1-5H3,(H,41,42). The van der Waals surface area contributed by atoms with Crippen LogP contribution in [0.4, 0.5) is 18.9 Å². The fourth-order valence-electron chi connectivity index (χ4n) is 8.91. The Morgan fingerprint density at radius 2 is 1.72 bits per heavy atom. The van der Waals surface area contributed by atoms with E-state index >= 15 is 0 Å². The van der Waals surface area contributed by atoms with Gasteiger partial charge in [0.1, 0.15) is 0 Å². The number of halogens is 3. The van der Waals surface area contributed by atoms with Gasteiger partial charge in [0.2, 0.25) is 0 Å². The Bertz CT molecular complexity index is 1150. The summed E-state index contributed by atoms with van der Waals surface area (Å²) in [6, 6.07) is 0. The lowest BCUT2D eigenvalue weighted by atomic mass is 9.68. The van der Waals surface area contributed by atoms with Crippen molar-refractivity contribution in [3.63, 3.8) is 0 Å². The topological polar surface area (TPSA) is 65.9 Å². The number of pyridine rings is 1. The maximum Gasteiger partial charge on any atom is 0.391 e. The lowest BCUT2D eigenvalue weighted by Gasteiger charge is -2.46. The number of ether oxygens (including phenoxy) is 1. The molecular formula is C34H52F3N3O3. The number of anilines is 1. The molecule has 6 atom stereocenters. The second-order valence-corrected chi connectivity index (χ2v) is 15.0. The van der Waals surface area contributed by atoms with Crippen molar-refractivity contribution in [3.05, 3.63) is 22.5 Å². The maximum atomic E-state index is 13.6. The minimum atomic E-state index is -4.16. The van der Waals surface area contributed by atoms with E-state index < -0.39 is 18.1 Å². The van der Waals surface area contributed by atoms with Crippen molar-refractivity contribution in [1.29, 1.82) is 0 Å². The van der Waals surface area contributed by atoms with Gasteiger partial charge in [0, 0.05) is 61.5 Å². The molecule has 6 nitrogen and oxygen atoms in total. The number of likely N-dealkylation sites (tertiary alicyclic amines) is 1. The van der Waals surface area contributed by atoms with Gasteiger partial charge in [-0.05, 0) is 107 Å². The second kappa shape index (κ2) is 12.9. The second-order valence-electron chi connectivity index (χ2n) is 15.0. The van der Waals surface area contributed by atoms with E-state index in [1.165, 1.54) is 12.7 Å².